The number of carbonyl (C=O) groups excluding carboxylic acids is 2. The zero-order chi connectivity index (χ0) is 23.4. The predicted molar refractivity (Wildman–Crippen MR) is 118 cm³/mol. The third-order valence-electron chi connectivity index (χ3n) is 5.27. The maximum Gasteiger partial charge on any atom is 0.326 e. The average molecular weight is 438 g/mol. The van der Waals surface area contributed by atoms with Gasteiger partial charge >= 0.3 is 5.97 Å². The number of ether oxygens (including phenoxy) is 1. The molecule has 4 heterocycles. The van der Waals surface area contributed by atoms with Crippen molar-refractivity contribution < 1.29 is 14.3 Å². The summed E-state index contributed by atoms with van der Waals surface area (Å²) in [6.45, 7) is 11.0. The molecule has 0 aliphatic carbocycles. The molecule has 1 aliphatic heterocycles. The number of aromatic nitrogens is 4. The molecule has 0 bridgehead atoms. The Hall–Kier alpha value is -3.49. The predicted octanol–water partition coefficient (Wildman–Crippen LogP) is 2.57. The third-order valence-corrected chi connectivity index (χ3v) is 5.27. The molecule has 0 aromatic carbocycles. The minimum Gasteiger partial charge on any atom is -0.459 e. The van der Waals surface area contributed by atoms with Crippen LogP contribution in [0.15, 0.2) is 29.2 Å². The van der Waals surface area contributed by atoms with E-state index in [0.717, 1.165) is 5.56 Å². The zero-order valence-corrected chi connectivity index (χ0v) is 19.2. The van der Waals surface area contributed by atoms with Crippen LogP contribution in [0.1, 0.15) is 56.2 Å². The molecule has 0 fully saturated rings. The van der Waals surface area contributed by atoms with Gasteiger partial charge in [-0.05, 0) is 53.2 Å². The van der Waals surface area contributed by atoms with Gasteiger partial charge in [0.1, 0.15) is 29.2 Å². The van der Waals surface area contributed by atoms with E-state index < -0.39 is 11.6 Å². The topological polar surface area (TPSA) is 98.8 Å². The molecular formula is C23H27N5O4. The molecular weight excluding hydrogens is 410 g/mol. The molecule has 0 radical (unpaired) electrons. The molecule has 0 saturated heterocycles. The summed E-state index contributed by atoms with van der Waals surface area (Å²) in [6, 6.07) is 5.31. The van der Waals surface area contributed by atoms with Crippen molar-refractivity contribution in [3.63, 3.8) is 0 Å². The molecule has 3 aromatic heterocycles. The lowest BCUT2D eigenvalue weighted by Crippen LogP contribution is -2.33. The lowest BCUT2D eigenvalue weighted by Gasteiger charge is -2.21. The van der Waals surface area contributed by atoms with E-state index in [1.807, 2.05) is 32.9 Å². The normalized spacial score (nSPS) is 13.8. The van der Waals surface area contributed by atoms with Crippen LogP contribution in [0.4, 0.5) is 0 Å². The SMILES string of the molecule is Cc1ccc(-c2cc3n(CC(=O)OC(C)(C)C)c4c(c(=O)n3n2)CN(C(C)C)C4=O)nc1. The van der Waals surface area contributed by atoms with E-state index in [2.05, 4.69) is 10.1 Å². The molecule has 0 atom stereocenters. The minimum absolute atomic E-state index is 0.0936. The summed E-state index contributed by atoms with van der Waals surface area (Å²) in [7, 11) is 0. The highest BCUT2D eigenvalue weighted by atomic mass is 16.6. The van der Waals surface area contributed by atoms with Crippen molar-refractivity contribution in [2.24, 2.45) is 0 Å². The molecule has 1 amide bonds. The van der Waals surface area contributed by atoms with Gasteiger partial charge in [0.25, 0.3) is 11.5 Å². The van der Waals surface area contributed by atoms with E-state index in [1.54, 1.807) is 42.5 Å². The molecule has 1 aliphatic rings. The van der Waals surface area contributed by atoms with E-state index in [0.29, 0.717) is 22.6 Å². The maximum absolute atomic E-state index is 13.3. The molecule has 9 nitrogen and oxygen atoms in total. The first-order chi connectivity index (χ1) is 15.0. The number of aryl methyl sites for hydroxylation is 1. The Labute approximate surface area is 185 Å². The second kappa shape index (κ2) is 7.58. The van der Waals surface area contributed by atoms with Gasteiger partial charge in [0, 0.05) is 18.3 Å². The third kappa shape index (κ3) is 3.79. The summed E-state index contributed by atoms with van der Waals surface area (Å²) in [6.07, 6.45) is 1.72. The van der Waals surface area contributed by atoms with Crippen molar-refractivity contribution in [1.29, 1.82) is 0 Å². The Balaban J connectivity index is 1.92. The lowest BCUT2D eigenvalue weighted by atomic mass is 10.2. The highest BCUT2D eigenvalue weighted by Gasteiger charge is 2.36. The largest absolute Gasteiger partial charge is 0.459 e. The molecule has 0 N–H and O–H groups in total. The number of rotatable bonds is 4. The first-order valence-electron chi connectivity index (χ1n) is 10.6. The van der Waals surface area contributed by atoms with Crippen molar-refractivity contribution in [3.8, 4) is 11.4 Å². The average Bonchev–Trinajstić information content (AvgIpc) is 3.27. The smallest absolute Gasteiger partial charge is 0.326 e. The lowest BCUT2D eigenvalue weighted by molar-refractivity contribution is -0.155. The Kier molecular flexibility index (Phi) is 5.15. The van der Waals surface area contributed by atoms with Gasteiger partial charge in [0.2, 0.25) is 0 Å². The number of esters is 1. The van der Waals surface area contributed by atoms with Crippen LogP contribution in [0.3, 0.4) is 0 Å². The molecule has 0 unspecified atom stereocenters. The summed E-state index contributed by atoms with van der Waals surface area (Å²) < 4.78 is 8.28. The van der Waals surface area contributed by atoms with E-state index in [1.165, 1.54) is 4.52 Å². The number of nitrogens with zero attached hydrogens (tertiary/aromatic N) is 5. The second-order valence-corrected chi connectivity index (χ2v) is 9.35. The van der Waals surface area contributed by atoms with Crippen LogP contribution in [0.5, 0.6) is 0 Å². The van der Waals surface area contributed by atoms with Gasteiger partial charge in [-0.25, -0.2) is 0 Å². The van der Waals surface area contributed by atoms with Gasteiger partial charge in [-0.1, -0.05) is 6.07 Å². The van der Waals surface area contributed by atoms with E-state index >= 15 is 0 Å². The molecule has 0 saturated carbocycles. The monoisotopic (exact) mass is 437 g/mol. The fraction of sp³-hybridized carbons (Fsp3) is 0.435. The fourth-order valence-electron chi connectivity index (χ4n) is 3.81. The van der Waals surface area contributed by atoms with Gasteiger partial charge in [-0.2, -0.15) is 9.61 Å². The number of pyridine rings is 1. The fourth-order valence-corrected chi connectivity index (χ4v) is 3.81. The van der Waals surface area contributed by atoms with E-state index in [-0.39, 0.29) is 36.3 Å². The Morgan fingerprint density at radius 3 is 2.50 bits per heavy atom. The molecule has 9 heteroatoms. The van der Waals surface area contributed by atoms with E-state index in [4.69, 9.17) is 4.74 Å². The number of hydrogen-bond donors (Lipinski definition) is 0. The number of fused-ring (bicyclic) bond motifs is 2. The highest BCUT2D eigenvalue weighted by Crippen LogP contribution is 2.26. The van der Waals surface area contributed by atoms with Crippen molar-refractivity contribution in [3.05, 3.63) is 51.6 Å². The molecule has 3 aromatic rings. The van der Waals surface area contributed by atoms with Crippen LogP contribution in [0.25, 0.3) is 17.0 Å². The number of hydrogen-bond acceptors (Lipinski definition) is 6. The molecule has 32 heavy (non-hydrogen) atoms. The minimum atomic E-state index is -0.680. The molecule has 0 spiro atoms. The van der Waals surface area contributed by atoms with Crippen molar-refractivity contribution >= 4 is 17.5 Å². The van der Waals surface area contributed by atoms with Crippen LogP contribution in [-0.2, 0) is 22.6 Å². The first kappa shape index (κ1) is 21.7. The summed E-state index contributed by atoms with van der Waals surface area (Å²) in [5, 5.41) is 4.47. The highest BCUT2D eigenvalue weighted by molar-refractivity contribution is 5.98. The zero-order valence-electron chi connectivity index (χ0n) is 19.2. The summed E-state index contributed by atoms with van der Waals surface area (Å²) >= 11 is 0. The molecule has 168 valence electrons. The first-order valence-corrected chi connectivity index (χ1v) is 10.6. The van der Waals surface area contributed by atoms with Gasteiger partial charge < -0.3 is 14.2 Å². The number of carbonyl (C=O) groups is 2. The summed E-state index contributed by atoms with van der Waals surface area (Å²) in [5.74, 6) is -0.786. The Morgan fingerprint density at radius 2 is 1.91 bits per heavy atom. The van der Waals surface area contributed by atoms with Crippen LogP contribution in [0.2, 0.25) is 0 Å². The van der Waals surface area contributed by atoms with Gasteiger partial charge in [0.05, 0.1) is 17.8 Å². The van der Waals surface area contributed by atoms with Gasteiger partial charge in [0.15, 0.2) is 0 Å². The van der Waals surface area contributed by atoms with Crippen molar-refractivity contribution in [1.82, 2.24) is 24.1 Å². The summed E-state index contributed by atoms with van der Waals surface area (Å²) in [4.78, 5) is 45.2. The Bertz CT molecular complexity index is 1280. The number of amides is 1. The quantitative estimate of drug-likeness (QED) is 0.582. The van der Waals surface area contributed by atoms with Gasteiger partial charge in [-0.3, -0.25) is 19.4 Å². The Morgan fingerprint density at radius 1 is 1.19 bits per heavy atom. The van der Waals surface area contributed by atoms with Crippen LogP contribution in [0, 0.1) is 6.92 Å². The van der Waals surface area contributed by atoms with Gasteiger partial charge in [-0.15, -0.1) is 0 Å². The van der Waals surface area contributed by atoms with Crippen molar-refractivity contribution in [2.75, 3.05) is 0 Å². The van der Waals surface area contributed by atoms with Crippen LogP contribution < -0.4 is 5.56 Å². The van der Waals surface area contributed by atoms with Crippen LogP contribution in [-0.4, -0.2) is 47.6 Å². The van der Waals surface area contributed by atoms with Crippen LogP contribution >= 0.6 is 0 Å². The second-order valence-electron chi connectivity index (χ2n) is 9.35. The van der Waals surface area contributed by atoms with Crippen molar-refractivity contribution in [2.45, 2.75) is 66.3 Å². The van der Waals surface area contributed by atoms with E-state index in [9.17, 15) is 14.4 Å². The molecule has 4 rings (SSSR count). The standard InChI is InChI=1S/C23H27N5O4/c1-13(2)26-11-15-20(22(26)31)27(12-19(29)32-23(4,5)6)18-9-17(25-28(18)21(15)30)16-8-7-14(3)10-24-16/h7-10,13H,11-12H2,1-6H3. The summed E-state index contributed by atoms with van der Waals surface area (Å²) in [5.41, 5.74) is 1.91. The maximum atomic E-state index is 13.3.